The van der Waals surface area contributed by atoms with Crippen molar-refractivity contribution in [2.45, 2.75) is 37.6 Å². The summed E-state index contributed by atoms with van der Waals surface area (Å²) < 4.78 is 23.1. The zero-order valence-corrected chi connectivity index (χ0v) is 23.4. The topological polar surface area (TPSA) is 130 Å². The van der Waals surface area contributed by atoms with Crippen molar-refractivity contribution in [1.29, 1.82) is 0 Å². The number of aromatic nitrogens is 2. The molecule has 216 valence electrons. The Morgan fingerprint density at radius 2 is 1.50 bits per heavy atom. The van der Waals surface area contributed by atoms with E-state index in [1.165, 1.54) is 16.3 Å². The van der Waals surface area contributed by atoms with Gasteiger partial charge in [0, 0.05) is 32.1 Å². The molecule has 2 amide bonds. The fraction of sp³-hybridized carbons (Fsp3) is 0.267. The Kier molecular flexibility index (Phi) is 8.13. The standard InChI is InChI=1S/C30H28N4O7S/c35-27(31-15-20-8-9-23-24(11-20)39-17-38-23)7-4-10-34-29(37)21-12-25-26(41-18-40-25)13-22(21)33-30(34)42-16-28(36)32-14-19-5-2-1-3-6-19/h1-3,5-6,8-9,11-13H,4,7,10,14-18H2,(H,31,35)(H,32,36). The highest BCUT2D eigenvalue weighted by Crippen LogP contribution is 2.35. The Hall–Kier alpha value is -4.71. The van der Waals surface area contributed by atoms with Gasteiger partial charge in [-0.05, 0) is 35.7 Å². The number of nitrogens with one attached hydrogen (secondary N) is 2. The van der Waals surface area contributed by atoms with Gasteiger partial charge in [-0.3, -0.25) is 19.0 Å². The van der Waals surface area contributed by atoms with Crippen LogP contribution in [0, 0.1) is 0 Å². The van der Waals surface area contributed by atoms with Gasteiger partial charge in [0.05, 0.1) is 16.7 Å². The first-order valence-electron chi connectivity index (χ1n) is 13.5. The largest absolute Gasteiger partial charge is 0.454 e. The molecular formula is C30H28N4O7S. The van der Waals surface area contributed by atoms with Gasteiger partial charge in [0.25, 0.3) is 5.56 Å². The Balaban J connectivity index is 1.11. The van der Waals surface area contributed by atoms with Crippen molar-refractivity contribution in [3.05, 3.63) is 82.1 Å². The van der Waals surface area contributed by atoms with Crippen molar-refractivity contribution >= 4 is 34.5 Å². The molecule has 0 saturated heterocycles. The highest BCUT2D eigenvalue weighted by Gasteiger charge is 2.20. The Labute approximate surface area is 245 Å². The summed E-state index contributed by atoms with van der Waals surface area (Å²) in [5.74, 6) is 2.09. The van der Waals surface area contributed by atoms with Crippen LogP contribution in [0.1, 0.15) is 24.0 Å². The van der Waals surface area contributed by atoms with Gasteiger partial charge in [0.1, 0.15) is 0 Å². The smallest absolute Gasteiger partial charge is 0.262 e. The average molecular weight is 589 g/mol. The van der Waals surface area contributed by atoms with E-state index in [1.54, 1.807) is 12.1 Å². The Morgan fingerprint density at radius 3 is 2.31 bits per heavy atom. The number of carbonyl (C=O) groups is 2. The third-order valence-electron chi connectivity index (χ3n) is 6.79. The van der Waals surface area contributed by atoms with Gasteiger partial charge in [-0.25, -0.2) is 4.98 Å². The van der Waals surface area contributed by atoms with Crippen LogP contribution in [-0.2, 0) is 29.2 Å². The van der Waals surface area contributed by atoms with E-state index < -0.39 is 0 Å². The SMILES string of the molecule is O=C(CCCn1c(SCC(=O)NCc2ccccc2)nc2cc3c(cc2c1=O)OCO3)NCc1ccc2c(c1)OCO2. The summed E-state index contributed by atoms with van der Waals surface area (Å²) in [5.41, 5.74) is 2.07. The Morgan fingerprint density at radius 1 is 0.810 bits per heavy atom. The van der Waals surface area contributed by atoms with Gasteiger partial charge >= 0.3 is 0 Å². The maximum absolute atomic E-state index is 13.6. The summed E-state index contributed by atoms with van der Waals surface area (Å²) in [6, 6.07) is 18.4. The molecule has 0 aliphatic carbocycles. The van der Waals surface area contributed by atoms with Crippen LogP contribution in [0.5, 0.6) is 23.0 Å². The molecule has 11 nitrogen and oxygen atoms in total. The van der Waals surface area contributed by atoms with Crippen LogP contribution < -0.4 is 35.1 Å². The van der Waals surface area contributed by atoms with Gasteiger partial charge in [-0.2, -0.15) is 0 Å². The van der Waals surface area contributed by atoms with E-state index in [1.807, 2.05) is 48.5 Å². The number of hydrogen-bond donors (Lipinski definition) is 2. The average Bonchev–Trinajstić information content (AvgIpc) is 3.67. The van der Waals surface area contributed by atoms with Gasteiger partial charge in [0.2, 0.25) is 25.4 Å². The van der Waals surface area contributed by atoms with Crippen LogP contribution in [-0.4, -0.2) is 40.7 Å². The fourth-order valence-electron chi connectivity index (χ4n) is 4.61. The molecule has 0 bridgehead atoms. The van der Waals surface area contributed by atoms with E-state index in [9.17, 15) is 14.4 Å². The van der Waals surface area contributed by atoms with E-state index in [0.717, 1.165) is 11.1 Å². The van der Waals surface area contributed by atoms with Gasteiger partial charge in [-0.15, -0.1) is 0 Å². The molecule has 1 aromatic heterocycles. The van der Waals surface area contributed by atoms with Crippen LogP contribution >= 0.6 is 11.8 Å². The number of amides is 2. The number of rotatable bonds is 11. The third kappa shape index (κ3) is 6.28. The first-order valence-corrected chi connectivity index (χ1v) is 14.4. The molecular weight excluding hydrogens is 560 g/mol. The number of benzene rings is 3. The fourth-order valence-corrected chi connectivity index (χ4v) is 5.47. The summed E-state index contributed by atoms with van der Waals surface area (Å²) in [6.45, 7) is 1.27. The van der Waals surface area contributed by atoms with Crippen LogP contribution in [0.2, 0.25) is 0 Å². The zero-order valence-electron chi connectivity index (χ0n) is 22.6. The molecule has 42 heavy (non-hydrogen) atoms. The van der Waals surface area contributed by atoms with Crippen molar-refractivity contribution < 1.29 is 28.5 Å². The first-order chi connectivity index (χ1) is 20.5. The van der Waals surface area contributed by atoms with Gasteiger partial charge in [-0.1, -0.05) is 48.2 Å². The molecule has 0 spiro atoms. The van der Waals surface area contributed by atoms with E-state index in [0.29, 0.717) is 58.6 Å². The van der Waals surface area contributed by atoms with Gasteiger partial charge in [0.15, 0.2) is 28.2 Å². The van der Waals surface area contributed by atoms with Gasteiger partial charge < -0.3 is 29.6 Å². The number of ether oxygens (including phenoxy) is 4. The highest BCUT2D eigenvalue weighted by atomic mass is 32.2. The second kappa shape index (κ2) is 12.4. The Bertz CT molecular complexity index is 1690. The number of fused-ring (bicyclic) bond motifs is 3. The van der Waals surface area contributed by atoms with Crippen LogP contribution in [0.25, 0.3) is 10.9 Å². The molecule has 12 heteroatoms. The summed E-state index contributed by atoms with van der Waals surface area (Å²) in [6.07, 6.45) is 0.607. The third-order valence-corrected chi connectivity index (χ3v) is 7.77. The molecule has 0 radical (unpaired) electrons. The lowest BCUT2D eigenvalue weighted by atomic mass is 10.2. The highest BCUT2D eigenvalue weighted by molar-refractivity contribution is 7.99. The van der Waals surface area contributed by atoms with Crippen molar-refractivity contribution in [3.63, 3.8) is 0 Å². The molecule has 0 saturated carbocycles. The summed E-state index contributed by atoms with van der Waals surface area (Å²) >= 11 is 1.17. The van der Waals surface area contributed by atoms with E-state index in [2.05, 4.69) is 10.6 Å². The lowest BCUT2D eigenvalue weighted by Gasteiger charge is -2.14. The maximum atomic E-state index is 13.6. The predicted molar refractivity (Wildman–Crippen MR) is 155 cm³/mol. The number of hydrogen-bond acceptors (Lipinski definition) is 9. The van der Waals surface area contributed by atoms with Crippen molar-refractivity contribution in [2.24, 2.45) is 0 Å². The summed E-state index contributed by atoms with van der Waals surface area (Å²) in [4.78, 5) is 43.5. The molecule has 3 aromatic carbocycles. The van der Waals surface area contributed by atoms with E-state index in [4.69, 9.17) is 23.9 Å². The minimum absolute atomic E-state index is 0.0738. The number of carbonyl (C=O) groups excluding carboxylic acids is 2. The van der Waals surface area contributed by atoms with Crippen LogP contribution in [0.4, 0.5) is 0 Å². The lowest BCUT2D eigenvalue weighted by molar-refractivity contribution is -0.121. The molecule has 4 aromatic rings. The summed E-state index contributed by atoms with van der Waals surface area (Å²) in [5, 5.41) is 6.57. The van der Waals surface area contributed by atoms with Crippen molar-refractivity contribution in [3.8, 4) is 23.0 Å². The van der Waals surface area contributed by atoms with E-state index >= 15 is 0 Å². The molecule has 6 rings (SSSR count). The second-order valence-corrected chi connectivity index (χ2v) is 10.6. The predicted octanol–water partition coefficient (Wildman–Crippen LogP) is 3.36. The first kappa shape index (κ1) is 27.5. The molecule has 0 unspecified atom stereocenters. The zero-order chi connectivity index (χ0) is 28.9. The molecule has 2 aliphatic rings. The molecule has 2 aliphatic heterocycles. The monoisotopic (exact) mass is 588 g/mol. The number of thioether (sulfide) groups is 1. The number of nitrogens with zero attached hydrogens (tertiary/aromatic N) is 2. The van der Waals surface area contributed by atoms with E-state index in [-0.39, 0.29) is 49.7 Å². The van der Waals surface area contributed by atoms with Crippen molar-refractivity contribution in [1.82, 2.24) is 20.2 Å². The van der Waals surface area contributed by atoms with Crippen LogP contribution in [0.15, 0.2) is 70.6 Å². The van der Waals surface area contributed by atoms with Crippen molar-refractivity contribution in [2.75, 3.05) is 19.3 Å². The molecule has 0 atom stereocenters. The molecule has 0 fully saturated rings. The molecule has 3 heterocycles. The summed E-state index contributed by atoms with van der Waals surface area (Å²) in [7, 11) is 0. The minimum atomic E-state index is -0.272. The van der Waals surface area contributed by atoms with Crippen LogP contribution in [0.3, 0.4) is 0 Å². The maximum Gasteiger partial charge on any atom is 0.262 e. The quantitative estimate of drug-likeness (QED) is 0.200. The lowest BCUT2D eigenvalue weighted by Crippen LogP contribution is -2.27. The molecule has 2 N–H and O–H groups in total. The second-order valence-electron chi connectivity index (χ2n) is 9.69. The minimum Gasteiger partial charge on any atom is -0.454 e. The normalized spacial score (nSPS) is 12.9.